The Labute approximate surface area is 369 Å². The minimum Gasteiger partial charge on any atom is -0.454 e. The minimum absolute atomic E-state index is 0.643. The molecule has 0 unspecified atom stereocenters. The Kier molecular flexibility index (Phi) is 8.18. The van der Waals surface area contributed by atoms with Gasteiger partial charge in [0.1, 0.15) is 5.58 Å². The van der Waals surface area contributed by atoms with Crippen molar-refractivity contribution in [2.24, 2.45) is 0 Å². The number of aromatic nitrogens is 3. The van der Waals surface area contributed by atoms with Gasteiger partial charge in [0.05, 0.1) is 28.1 Å². The summed E-state index contributed by atoms with van der Waals surface area (Å²) in [5.41, 5.74) is 14.1. The zero-order valence-electron chi connectivity index (χ0n) is 34.6. The van der Waals surface area contributed by atoms with Crippen LogP contribution in [0.15, 0.2) is 229 Å². The molecule has 0 amide bonds. The van der Waals surface area contributed by atoms with Gasteiger partial charge < -0.3 is 8.98 Å². The number of benzene rings is 10. The average molecular weight is 816 g/mol. The van der Waals surface area contributed by atoms with Crippen LogP contribution in [0.1, 0.15) is 0 Å². The van der Waals surface area contributed by atoms with Crippen LogP contribution < -0.4 is 0 Å². The smallest absolute Gasteiger partial charge is 0.161 e. The second kappa shape index (κ2) is 14.5. The first-order valence-electron chi connectivity index (χ1n) is 21.7. The first-order chi connectivity index (χ1) is 31.7. The molecule has 4 nitrogen and oxygen atoms in total. The van der Waals surface area contributed by atoms with Gasteiger partial charge in [0.2, 0.25) is 0 Å². The Morgan fingerprint density at radius 2 is 0.859 bits per heavy atom. The molecule has 0 atom stereocenters. The van der Waals surface area contributed by atoms with Gasteiger partial charge in [-0.3, -0.25) is 0 Å². The molecule has 0 fully saturated rings. The van der Waals surface area contributed by atoms with Gasteiger partial charge in [0, 0.05) is 38.2 Å². The number of rotatable bonds is 6. The van der Waals surface area contributed by atoms with Crippen LogP contribution in [0.4, 0.5) is 0 Å². The van der Waals surface area contributed by atoms with Crippen molar-refractivity contribution in [1.29, 1.82) is 0 Å². The molecule has 0 aliphatic carbocycles. The van der Waals surface area contributed by atoms with Crippen molar-refractivity contribution in [3.63, 3.8) is 0 Å². The molecule has 0 radical (unpaired) electrons. The summed E-state index contributed by atoms with van der Waals surface area (Å²) in [6.07, 6.45) is 0. The van der Waals surface area contributed by atoms with Crippen LogP contribution >= 0.6 is 0 Å². The van der Waals surface area contributed by atoms with E-state index >= 15 is 0 Å². The summed E-state index contributed by atoms with van der Waals surface area (Å²) >= 11 is 0. The molecular formula is C60H37N3O. The summed E-state index contributed by atoms with van der Waals surface area (Å²) in [7, 11) is 0. The van der Waals surface area contributed by atoms with Gasteiger partial charge in [-0.1, -0.05) is 182 Å². The van der Waals surface area contributed by atoms with E-state index < -0.39 is 0 Å². The van der Waals surface area contributed by atoms with Crippen LogP contribution in [-0.2, 0) is 0 Å². The van der Waals surface area contributed by atoms with Crippen molar-refractivity contribution in [1.82, 2.24) is 14.5 Å². The molecule has 0 bridgehead atoms. The molecule has 10 aromatic carbocycles. The number of hydrogen-bond acceptors (Lipinski definition) is 3. The highest BCUT2D eigenvalue weighted by molar-refractivity contribution is 6.16. The molecule has 13 rings (SSSR count). The van der Waals surface area contributed by atoms with Crippen LogP contribution in [0, 0.1) is 0 Å². The Bertz CT molecular complexity index is 3760. The molecule has 3 heterocycles. The van der Waals surface area contributed by atoms with E-state index in [0.29, 0.717) is 5.82 Å². The first-order valence-corrected chi connectivity index (χ1v) is 21.7. The molecule has 64 heavy (non-hydrogen) atoms. The number of fused-ring (bicyclic) bond motifs is 8. The maximum absolute atomic E-state index is 7.05. The Morgan fingerprint density at radius 3 is 1.44 bits per heavy atom. The van der Waals surface area contributed by atoms with Crippen molar-refractivity contribution in [3.05, 3.63) is 224 Å². The lowest BCUT2D eigenvalue weighted by molar-refractivity contribution is 0.666. The molecule has 0 saturated carbocycles. The Balaban J connectivity index is 1.05. The maximum Gasteiger partial charge on any atom is 0.161 e. The van der Waals surface area contributed by atoms with Crippen LogP contribution in [0.25, 0.3) is 127 Å². The second-order valence-corrected chi connectivity index (χ2v) is 16.6. The molecule has 0 aliphatic rings. The quantitative estimate of drug-likeness (QED) is 0.168. The van der Waals surface area contributed by atoms with Crippen LogP contribution in [0.3, 0.4) is 0 Å². The monoisotopic (exact) mass is 815 g/mol. The second-order valence-electron chi connectivity index (χ2n) is 16.6. The summed E-state index contributed by atoms with van der Waals surface area (Å²) in [6, 6.07) is 79.8. The predicted molar refractivity (Wildman–Crippen MR) is 266 cm³/mol. The number of nitrogens with zero attached hydrogens (tertiary/aromatic N) is 3. The zero-order chi connectivity index (χ0) is 42.1. The third kappa shape index (κ3) is 5.92. The fourth-order valence-electron chi connectivity index (χ4n) is 9.65. The van der Waals surface area contributed by atoms with Gasteiger partial charge in [-0.2, -0.15) is 0 Å². The van der Waals surface area contributed by atoms with Crippen molar-refractivity contribution in [2.45, 2.75) is 0 Å². The number of hydrogen-bond donors (Lipinski definition) is 0. The molecule has 0 N–H and O–H groups in total. The number of para-hydroxylation sites is 1. The number of furan rings is 1. The molecule has 0 spiro atoms. The van der Waals surface area contributed by atoms with E-state index in [0.717, 1.165) is 77.9 Å². The Hall–Kier alpha value is -8.60. The standard InChI is InChI=1S/C60H37N3O/c1-3-13-38(14-4-1)44-29-31-48-49-32-30-45(39-15-5-2-6-16-39)36-56(49)63(55(48)35-44)54-23-11-21-50-58-51(22-12-24-57(58)64-59(50)54)60-61-52(46-27-25-40-17-7-9-19-42(40)33-46)37-53(62-60)47-28-26-41-18-8-10-20-43(41)34-47/h1-37H. The summed E-state index contributed by atoms with van der Waals surface area (Å²) < 4.78 is 9.44. The topological polar surface area (TPSA) is 43.9 Å². The highest BCUT2D eigenvalue weighted by Crippen LogP contribution is 2.43. The lowest BCUT2D eigenvalue weighted by Gasteiger charge is -2.12. The van der Waals surface area contributed by atoms with E-state index in [2.05, 4.69) is 229 Å². The highest BCUT2D eigenvalue weighted by Gasteiger charge is 2.22. The van der Waals surface area contributed by atoms with Crippen LogP contribution in [0.2, 0.25) is 0 Å². The molecule has 3 aromatic heterocycles. The van der Waals surface area contributed by atoms with E-state index in [-0.39, 0.29) is 0 Å². The zero-order valence-corrected chi connectivity index (χ0v) is 34.6. The van der Waals surface area contributed by atoms with E-state index in [1.807, 2.05) is 0 Å². The van der Waals surface area contributed by atoms with Crippen molar-refractivity contribution < 1.29 is 4.42 Å². The fourth-order valence-corrected chi connectivity index (χ4v) is 9.65. The van der Waals surface area contributed by atoms with Crippen molar-refractivity contribution >= 4 is 65.3 Å². The van der Waals surface area contributed by atoms with E-state index in [1.165, 1.54) is 43.4 Å². The lowest BCUT2D eigenvalue weighted by Crippen LogP contribution is -1.97. The molecule has 13 aromatic rings. The maximum atomic E-state index is 7.05. The average Bonchev–Trinajstić information content (AvgIpc) is 3.92. The van der Waals surface area contributed by atoms with Crippen molar-refractivity contribution in [2.75, 3.05) is 0 Å². The van der Waals surface area contributed by atoms with E-state index in [4.69, 9.17) is 14.4 Å². The summed E-state index contributed by atoms with van der Waals surface area (Å²) in [5, 5.41) is 9.07. The van der Waals surface area contributed by atoms with E-state index in [9.17, 15) is 0 Å². The summed E-state index contributed by atoms with van der Waals surface area (Å²) in [4.78, 5) is 10.8. The molecular weight excluding hydrogens is 779 g/mol. The molecule has 298 valence electrons. The van der Waals surface area contributed by atoms with Gasteiger partial charge in [-0.15, -0.1) is 0 Å². The molecule has 4 heteroatoms. The van der Waals surface area contributed by atoms with Gasteiger partial charge in [-0.25, -0.2) is 9.97 Å². The normalized spacial score (nSPS) is 11.8. The van der Waals surface area contributed by atoms with Crippen LogP contribution in [-0.4, -0.2) is 14.5 Å². The van der Waals surface area contributed by atoms with Gasteiger partial charge in [0.25, 0.3) is 0 Å². The summed E-state index contributed by atoms with van der Waals surface area (Å²) in [5.74, 6) is 0.643. The fraction of sp³-hybridized carbons (Fsp3) is 0. The Morgan fingerprint density at radius 1 is 0.344 bits per heavy atom. The third-order valence-electron chi connectivity index (χ3n) is 12.8. The van der Waals surface area contributed by atoms with E-state index in [1.54, 1.807) is 0 Å². The minimum atomic E-state index is 0.643. The molecule has 0 aliphatic heterocycles. The van der Waals surface area contributed by atoms with Gasteiger partial charge in [-0.05, 0) is 86.3 Å². The predicted octanol–water partition coefficient (Wildman–Crippen LogP) is 16.1. The van der Waals surface area contributed by atoms with Gasteiger partial charge >= 0.3 is 0 Å². The SMILES string of the molecule is c1ccc(-c2ccc3c4ccc(-c5ccccc5)cc4n(-c4cccc5c4oc4cccc(-c6nc(-c7ccc8ccccc8c7)cc(-c7ccc8ccccc8c7)n6)c45)c3c2)cc1. The summed E-state index contributed by atoms with van der Waals surface area (Å²) in [6.45, 7) is 0. The van der Waals surface area contributed by atoms with Crippen LogP contribution in [0.5, 0.6) is 0 Å². The largest absolute Gasteiger partial charge is 0.454 e. The molecule has 0 saturated heterocycles. The van der Waals surface area contributed by atoms with Gasteiger partial charge in [0.15, 0.2) is 11.4 Å². The highest BCUT2D eigenvalue weighted by atomic mass is 16.3. The first kappa shape index (κ1) is 36.1. The lowest BCUT2D eigenvalue weighted by atomic mass is 10.0. The van der Waals surface area contributed by atoms with Crippen molar-refractivity contribution in [3.8, 4) is 61.8 Å². The third-order valence-corrected chi connectivity index (χ3v) is 12.8.